The molecule has 2 heterocycles. The number of aromatic amines is 1. The van der Waals surface area contributed by atoms with Gasteiger partial charge in [-0.05, 0) is 35.3 Å². The number of nitrogens with one attached hydrogen (secondary N) is 2. The van der Waals surface area contributed by atoms with Gasteiger partial charge in [0, 0.05) is 46.9 Å². The summed E-state index contributed by atoms with van der Waals surface area (Å²) in [4.78, 5) is 17.1. The van der Waals surface area contributed by atoms with Gasteiger partial charge in [0.15, 0.2) is 5.71 Å². The van der Waals surface area contributed by atoms with Crippen molar-refractivity contribution in [2.75, 3.05) is 0 Å². The van der Waals surface area contributed by atoms with Gasteiger partial charge in [0.25, 0.3) is 0 Å². The van der Waals surface area contributed by atoms with Crippen LogP contribution >= 0.6 is 15.9 Å². The third-order valence-corrected chi connectivity index (χ3v) is 3.65. The molecule has 19 heavy (non-hydrogen) atoms. The van der Waals surface area contributed by atoms with E-state index in [2.05, 4.69) is 25.9 Å². The monoisotopic (exact) mass is 323 g/mol. The van der Waals surface area contributed by atoms with E-state index in [-0.39, 0.29) is 6.42 Å². The van der Waals surface area contributed by atoms with Crippen molar-refractivity contribution < 1.29 is 14.9 Å². The van der Waals surface area contributed by atoms with Crippen molar-refractivity contribution in [2.24, 2.45) is 0 Å². The molecule has 100 valence electrons. The number of H-pyrrole nitrogens is 1. The highest BCUT2D eigenvalue weighted by atomic mass is 79.9. The fourth-order valence-corrected chi connectivity index (χ4v) is 2.55. The summed E-state index contributed by atoms with van der Waals surface area (Å²) >= 11 is 3.40. The molecule has 4 nitrogen and oxygen atoms in total. The van der Waals surface area contributed by atoms with Crippen molar-refractivity contribution in [2.45, 2.75) is 26.7 Å². The molecule has 0 amide bonds. The largest absolute Gasteiger partial charge is 0.481 e. The minimum absolute atomic E-state index is 0.160. The van der Waals surface area contributed by atoms with Gasteiger partial charge in [-0.3, -0.25) is 4.79 Å². The lowest BCUT2D eigenvalue weighted by Gasteiger charge is -1.97. The van der Waals surface area contributed by atoms with Crippen LogP contribution in [0, 0.1) is 0 Å². The predicted molar refractivity (Wildman–Crippen MR) is 77.7 cm³/mol. The Labute approximate surface area is 120 Å². The summed E-state index contributed by atoms with van der Waals surface area (Å²) in [5, 5.41) is 8.77. The normalized spacial score (nSPS) is 17.2. The molecule has 0 aliphatic carbocycles. The van der Waals surface area contributed by atoms with Gasteiger partial charge in [0.2, 0.25) is 5.70 Å². The maximum absolute atomic E-state index is 10.7. The lowest BCUT2D eigenvalue weighted by molar-refractivity contribution is -0.386. The summed E-state index contributed by atoms with van der Waals surface area (Å²) < 4.78 is 1.01. The van der Waals surface area contributed by atoms with Gasteiger partial charge < -0.3 is 10.1 Å². The third-order valence-electron chi connectivity index (χ3n) is 3.19. The van der Waals surface area contributed by atoms with Gasteiger partial charge in [-0.2, -0.15) is 0 Å². The Kier molecular flexibility index (Phi) is 4.04. The Morgan fingerprint density at radius 1 is 1.53 bits per heavy atom. The minimum Gasteiger partial charge on any atom is -0.481 e. The summed E-state index contributed by atoms with van der Waals surface area (Å²) in [6.07, 6.45) is 4.62. The number of rotatable bonds is 4. The van der Waals surface area contributed by atoms with Gasteiger partial charge >= 0.3 is 5.97 Å². The molecule has 0 spiro atoms. The Morgan fingerprint density at radius 3 is 2.84 bits per heavy atom. The van der Waals surface area contributed by atoms with Crippen molar-refractivity contribution in [1.29, 1.82) is 0 Å². The fraction of sp³-hybridized carbons (Fsp3) is 0.286. The van der Waals surface area contributed by atoms with Crippen LogP contribution in [0.3, 0.4) is 0 Å². The zero-order valence-electron chi connectivity index (χ0n) is 10.9. The number of allylic oxidation sites excluding steroid dienone is 2. The van der Waals surface area contributed by atoms with Crippen LogP contribution in [0.25, 0.3) is 6.08 Å². The van der Waals surface area contributed by atoms with E-state index in [1.807, 2.05) is 32.2 Å². The highest BCUT2D eigenvalue weighted by Gasteiger charge is 2.24. The topological polar surface area (TPSA) is 67.1 Å². The number of aliphatic carboxylic acids is 1. The van der Waals surface area contributed by atoms with Gasteiger partial charge in [0.1, 0.15) is 0 Å². The number of hydrogen-bond donors (Lipinski definition) is 3. The molecule has 0 atom stereocenters. The molecule has 0 unspecified atom stereocenters. The Bertz CT molecular complexity index is 609. The van der Waals surface area contributed by atoms with Gasteiger partial charge in [-0.15, -0.1) is 0 Å². The molecule has 1 aromatic rings. The molecule has 0 bridgehead atoms. The number of carbonyl (C=O) groups is 1. The van der Waals surface area contributed by atoms with Crippen LogP contribution in [0.1, 0.15) is 32.4 Å². The second kappa shape index (κ2) is 5.57. The zero-order chi connectivity index (χ0) is 14.0. The summed E-state index contributed by atoms with van der Waals surface area (Å²) in [7, 11) is 0. The quantitative estimate of drug-likeness (QED) is 0.791. The van der Waals surface area contributed by atoms with Crippen LogP contribution < -0.4 is 4.99 Å². The van der Waals surface area contributed by atoms with Crippen LogP contribution in [0.2, 0.25) is 0 Å². The van der Waals surface area contributed by atoms with Crippen molar-refractivity contribution in [3.8, 4) is 0 Å². The third kappa shape index (κ3) is 3.23. The highest BCUT2D eigenvalue weighted by Crippen LogP contribution is 2.21. The summed E-state index contributed by atoms with van der Waals surface area (Å²) in [6.45, 7) is 4.00. The lowest BCUT2D eigenvalue weighted by atomic mass is 10.0. The van der Waals surface area contributed by atoms with Crippen molar-refractivity contribution >= 4 is 33.7 Å². The molecule has 2 rings (SSSR count). The first-order valence-corrected chi connectivity index (χ1v) is 6.85. The SMILES string of the molecule is CC1=[NH+]/C(=C\c2cc(Br)c[nH]2)C(C)=C1CCC(=O)O. The summed E-state index contributed by atoms with van der Waals surface area (Å²) in [5.41, 5.74) is 5.27. The van der Waals surface area contributed by atoms with E-state index in [9.17, 15) is 4.79 Å². The predicted octanol–water partition coefficient (Wildman–Crippen LogP) is 1.85. The van der Waals surface area contributed by atoms with Crippen LogP contribution in [0.5, 0.6) is 0 Å². The van der Waals surface area contributed by atoms with E-state index in [0.717, 1.165) is 32.7 Å². The van der Waals surface area contributed by atoms with Crippen LogP contribution in [0.4, 0.5) is 0 Å². The summed E-state index contributed by atoms with van der Waals surface area (Å²) in [5.74, 6) is -0.765. The van der Waals surface area contributed by atoms with Crippen LogP contribution in [-0.4, -0.2) is 21.8 Å². The zero-order valence-corrected chi connectivity index (χ0v) is 12.5. The summed E-state index contributed by atoms with van der Waals surface area (Å²) in [6, 6.07) is 1.99. The molecule has 5 heteroatoms. The van der Waals surface area contributed by atoms with E-state index in [4.69, 9.17) is 5.11 Å². The average molecular weight is 324 g/mol. The number of carboxylic acid groups (broad SMARTS) is 1. The number of carboxylic acids is 1. The van der Waals surface area contributed by atoms with Crippen LogP contribution in [0.15, 0.2) is 33.6 Å². The first kappa shape index (κ1) is 13.8. The standard InChI is InChI=1S/C14H15BrN2O2/c1-8-12(3-4-14(18)19)9(2)17-13(8)6-11-5-10(15)7-16-11/h5-7,16H,3-4H2,1-2H3,(H,18,19)/p+1/b13-6-. The van der Waals surface area contributed by atoms with Crippen molar-refractivity contribution in [3.63, 3.8) is 0 Å². The number of hydrogen-bond acceptors (Lipinski definition) is 1. The van der Waals surface area contributed by atoms with E-state index in [1.54, 1.807) is 0 Å². The second-order valence-corrected chi connectivity index (χ2v) is 5.49. The molecular formula is C14H16BrN2O2+. The maximum Gasteiger partial charge on any atom is 0.303 e. The molecule has 0 saturated carbocycles. The van der Waals surface area contributed by atoms with Gasteiger partial charge in [0.05, 0.1) is 0 Å². The molecule has 0 fully saturated rings. The van der Waals surface area contributed by atoms with Crippen molar-refractivity contribution in [3.05, 3.63) is 39.3 Å². The van der Waals surface area contributed by atoms with E-state index < -0.39 is 5.97 Å². The Hall–Kier alpha value is -1.62. The number of aromatic nitrogens is 1. The molecule has 1 aliphatic rings. The smallest absolute Gasteiger partial charge is 0.303 e. The minimum atomic E-state index is -0.765. The molecule has 1 aliphatic heterocycles. The fourth-order valence-electron chi connectivity index (χ4n) is 2.19. The molecule has 0 radical (unpaired) electrons. The first-order valence-electron chi connectivity index (χ1n) is 6.06. The average Bonchev–Trinajstić information content (AvgIpc) is 2.83. The van der Waals surface area contributed by atoms with Crippen LogP contribution in [-0.2, 0) is 4.79 Å². The molecule has 0 saturated heterocycles. The lowest BCUT2D eigenvalue weighted by Crippen LogP contribution is -2.67. The Balaban J connectivity index is 2.25. The molecule has 3 N–H and O–H groups in total. The molecule has 1 aromatic heterocycles. The first-order chi connectivity index (χ1) is 8.97. The molecular weight excluding hydrogens is 308 g/mol. The van der Waals surface area contributed by atoms with Crippen molar-refractivity contribution in [1.82, 2.24) is 4.98 Å². The van der Waals surface area contributed by atoms with E-state index in [1.165, 1.54) is 0 Å². The molecule has 0 aromatic carbocycles. The number of halogens is 1. The van der Waals surface area contributed by atoms with E-state index in [0.29, 0.717) is 6.42 Å². The van der Waals surface area contributed by atoms with Gasteiger partial charge in [-0.25, -0.2) is 4.99 Å². The highest BCUT2D eigenvalue weighted by molar-refractivity contribution is 9.10. The van der Waals surface area contributed by atoms with E-state index >= 15 is 0 Å². The maximum atomic E-state index is 10.7. The Morgan fingerprint density at radius 2 is 2.26 bits per heavy atom. The van der Waals surface area contributed by atoms with Gasteiger partial charge in [-0.1, -0.05) is 0 Å². The second-order valence-electron chi connectivity index (χ2n) is 4.58.